The molecule has 6 rings (SSSR count). The lowest BCUT2D eigenvalue weighted by Crippen LogP contribution is -2.38. The Labute approximate surface area is 212 Å². The van der Waals surface area contributed by atoms with Crippen molar-refractivity contribution in [1.29, 1.82) is 0 Å². The summed E-state index contributed by atoms with van der Waals surface area (Å²) in [5, 5.41) is 8.17. The standard InChI is InChI=1S/C28H24BrFN4O/c29-21-7-5-19(6-8-21)26-18-27(34(32-26)23-11-9-22(30)10-12-23)24-17-20-3-1-2-4-25(20)31-28(24)33-13-15-35-16-14-33/h1-12,17,27H,13-16,18H2. The van der Waals surface area contributed by atoms with E-state index in [9.17, 15) is 4.39 Å². The molecule has 3 aromatic carbocycles. The minimum absolute atomic E-state index is 0.0749. The SMILES string of the molecule is Fc1ccc(N2N=C(c3ccc(Br)cc3)CC2c2cc3ccccc3nc2N2CCOCC2)cc1. The molecule has 0 bridgehead atoms. The Bertz CT molecular complexity index is 1380. The zero-order chi connectivity index (χ0) is 23.8. The molecule has 0 amide bonds. The normalized spacial score (nSPS) is 18.2. The Balaban J connectivity index is 1.49. The number of hydrazone groups is 1. The van der Waals surface area contributed by atoms with Crippen LogP contribution in [0.25, 0.3) is 10.9 Å². The van der Waals surface area contributed by atoms with E-state index in [4.69, 9.17) is 14.8 Å². The van der Waals surface area contributed by atoms with Crippen LogP contribution in [-0.4, -0.2) is 37.0 Å². The third kappa shape index (κ3) is 4.42. The van der Waals surface area contributed by atoms with Crippen molar-refractivity contribution in [2.45, 2.75) is 12.5 Å². The number of rotatable bonds is 4. The van der Waals surface area contributed by atoms with Crippen molar-refractivity contribution < 1.29 is 9.13 Å². The second-order valence-electron chi connectivity index (χ2n) is 8.79. The Hall–Kier alpha value is -3.29. The first-order chi connectivity index (χ1) is 17.2. The molecule has 1 aromatic heterocycles. The van der Waals surface area contributed by atoms with Crippen LogP contribution in [0.15, 0.2) is 88.4 Å². The summed E-state index contributed by atoms with van der Waals surface area (Å²) in [5.74, 6) is 0.708. The van der Waals surface area contributed by atoms with E-state index in [1.807, 2.05) is 29.3 Å². The van der Waals surface area contributed by atoms with Crippen LogP contribution in [0.1, 0.15) is 23.6 Å². The van der Waals surface area contributed by atoms with Gasteiger partial charge in [0.1, 0.15) is 11.6 Å². The molecule has 4 aromatic rings. The molecule has 0 saturated carbocycles. The molecule has 35 heavy (non-hydrogen) atoms. The van der Waals surface area contributed by atoms with Gasteiger partial charge >= 0.3 is 0 Å². The molecule has 7 heteroatoms. The van der Waals surface area contributed by atoms with Gasteiger partial charge in [0.25, 0.3) is 0 Å². The Kier molecular flexibility index (Phi) is 5.96. The molecule has 0 radical (unpaired) electrons. The predicted octanol–water partition coefficient (Wildman–Crippen LogP) is 6.33. The Morgan fingerprint density at radius 1 is 0.914 bits per heavy atom. The number of nitrogens with zero attached hydrogens (tertiary/aromatic N) is 4. The first-order valence-electron chi connectivity index (χ1n) is 11.8. The van der Waals surface area contributed by atoms with E-state index in [-0.39, 0.29) is 11.9 Å². The fourth-order valence-electron chi connectivity index (χ4n) is 4.80. The van der Waals surface area contributed by atoms with Crippen LogP contribution in [0, 0.1) is 5.82 Å². The number of benzene rings is 3. The van der Waals surface area contributed by atoms with Crippen LogP contribution < -0.4 is 9.91 Å². The fraction of sp³-hybridized carbons (Fsp3) is 0.214. The van der Waals surface area contributed by atoms with Gasteiger partial charge in [0.15, 0.2) is 0 Å². The lowest BCUT2D eigenvalue weighted by Gasteiger charge is -2.33. The number of aromatic nitrogens is 1. The van der Waals surface area contributed by atoms with E-state index in [1.54, 1.807) is 12.1 Å². The molecule has 176 valence electrons. The summed E-state index contributed by atoms with van der Waals surface area (Å²) in [6.45, 7) is 2.95. The second kappa shape index (κ2) is 9.40. The number of fused-ring (bicyclic) bond motifs is 1. The molecule has 2 aliphatic rings. The number of hydrogen-bond donors (Lipinski definition) is 0. The van der Waals surface area contributed by atoms with Crippen molar-refractivity contribution >= 4 is 44.0 Å². The smallest absolute Gasteiger partial charge is 0.134 e. The van der Waals surface area contributed by atoms with Crippen molar-refractivity contribution in [1.82, 2.24) is 4.98 Å². The summed E-state index contributed by atoms with van der Waals surface area (Å²) in [6, 6.07) is 25.2. The van der Waals surface area contributed by atoms with Crippen LogP contribution in [0.4, 0.5) is 15.9 Å². The second-order valence-corrected chi connectivity index (χ2v) is 9.70. The van der Waals surface area contributed by atoms with Gasteiger partial charge in [-0.1, -0.05) is 46.3 Å². The third-order valence-electron chi connectivity index (χ3n) is 6.58. The largest absolute Gasteiger partial charge is 0.378 e. The monoisotopic (exact) mass is 530 g/mol. The quantitative estimate of drug-likeness (QED) is 0.309. The molecule has 5 nitrogen and oxygen atoms in total. The number of morpholine rings is 1. The predicted molar refractivity (Wildman–Crippen MR) is 142 cm³/mol. The highest BCUT2D eigenvalue weighted by Crippen LogP contribution is 2.41. The summed E-state index contributed by atoms with van der Waals surface area (Å²) < 4.78 is 20.4. The van der Waals surface area contributed by atoms with Crippen molar-refractivity contribution in [3.63, 3.8) is 0 Å². The maximum atomic E-state index is 13.8. The molecular formula is C28H24BrFN4O. The van der Waals surface area contributed by atoms with Crippen LogP contribution in [0.3, 0.4) is 0 Å². The minimum Gasteiger partial charge on any atom is -0.378 e. The maximum Gasteiger partial charge on any atom is 0.134 e. The molecular weight excluding hydrogens is 507 g/mol. The van der Waals surface area contributed by atoms with Crippen molar-refractivity contribution in [2.24, 2.45) is 5.10 Å². The molecule has 1 unspecified atom stereocenters. The summed E-state index contributed by atoms with van der Waals surface area (Å²) in [7, 11) is 0. The minimum atomic E-state index is -0.261. The van der Waals surface area contributed by atoms with Crippen LogP contribution in [-0.2, 0) is 4.74 Å². The number of halogens is 2. The maximum absolute atomic E-state index is 13.8. The molecule has 1 fully saturated rings. The van der Waals surface area contributed by atoms with Crippen LogP contribution in [0.5, 0.6) is 0 Å². The summed E-state index contributed by atoms with van der Waals surface area (Å²) in [6.07, 6.45) is 0.719. The van der Waals surface area contributed by atoms with Gasteiger partial charge in [0.05, 0.1) is 36.2 Å². The molecule has 0 aliphatic carbocycles. The zero-order valence-electron chi connectivity index (χ0n) is 19.1. The van der Waals surface area contributed by atoms with Gasteiger partial charge in [-0.05, 0) is 54.1 Å². The van der Waals surface area contributed by atoms with Crippen molar-refractivity contribution in [2.75, 3.05) is 36.2 Å². The molecule has 1 saturated heterocycles. The van der Waals surface area contributed by atoms with E-state index in [0.29, 0.717) is 13.2 Å². The number of para-hydroxylation sites is 1. The van der Waals surface area contributed by atoms with Crippen LogP contribution in [0.2, 0.25) is 0 Å². The van der Waals surface area contributed by atoms with Gasteiger partial charge in [0.2, 0.25) is 0 Å². The number of pyridine rings is 1. The lowest BCUT2D eigenvalue weighted by atomic mass is 9.96. The molecule has 2 aliphatic heterocycles. The van der Waals surface area contributed by atoms with E-state index >= 15 is 0 Å². The van der Waals surface area contributed by atoms with E-state index in [0.717, 1.165) is 63.2 Å². The summed E-state index contributed by atoms with van der Waals surface area (Å²) in [5.41, 5.74) is 5.01. The zero-order valence-corrected chi connectivity index (χ0v) is 20.7. The lowest BCUT2D eigenvalue weighted by molar-refractivity contribution is 0.122. The molecule has 0 N–H and O–H groups in total. The topological polar surface area (TPSA) is 41.0 Å². The number of anilines is 2. The van der Waals surface area contributed by atoms with Gasteiger partial charge in [-0.15, -0.1) is 0 Å². The third-order valence-corrected chi connectivity index (χ3v) is 7.11. The Morgan fingerprint density at radius 2 is 1.66 bits per heavy atom. The number of hydrogen-bond acceptors (Lipinski definition) is 5. The highest BCUT2D eigenvalue weighted by Gasteiger charge is 2.34. The van der Waals surface area contributed by atoms with Gasteiger partial charge in [-0.2, -0.15) is 5.10 Å². The van der Waals surface area contributed by atoms with Crippen molar-refractivity contribution in [3.8, 4) is 0 Å². The van der Waals surface area contributed by atoms with E-state index in [1.165, 1.54) is 12.1 Å². The Morgan fingerprint density at radius 3 is 2.43 bits per heavy atom. The van der Waals surface area contributed by atoms with Crippen LogP contribution >= 0.6 is 15.9 Å². The van der Waals surface area contributed by atoms with Gasteiger partial charge < -0.3 is 9.64 Å². The highest BCUT2D eigenvalue weighted by atomic mass is 79.9. The first-order valence-corrected chi connectivity index (χ1v) is 12.6. The van der Waals surface area contributed by atoms with Gasteiger partial charge in [0, 0.05) is 34.9 Å². The van der Waals surface area contributed by atoms with E-state index in [2.05, 4.69) is 51.2 Å². The molecule has 1 atom stereocenters. The summed E-state index contributed by atoms with van der Waals surface area (Å²) in [4.78, 5) is 7.43. The average molecular weight is 531 g/mol. The molecule has 3 heterocycles. The highest BCUT2D eigenvalue weighted by molar-refractivity contribution is 9.10. The van der Waals surface area contributed by atoms with Gasteiger partial charge in [-0.25, -0.2) is 9.37 Å². The fourth-order valence-corrected chi connectivity index (χ4v) is 5.06. The van der Waals surface area contributed by atoms with Crippen molar-refractivity contribution in [3.05, 3.63) is 100 Å². The summed E-state index contributed by atoms with van der Waals surface area (Å²) >= 11 is 3.52. The first kappa shape index (κ1) is 22.2. The van der Waals surface area contributed by atoms with Gasteiger partial charge in [-0.3, -0.25) is 5.01 Å². The van der Waals surface area contributed by atoms with E-state index < -0.39 is 0 Å². The number of ether oxygens (including phenoxy) is 1. The molecule has 0 spiro atoms. The average Bonchev–Trinajstić information content (AvgIpc) is 3.34.